The smallest absolute Gasteiger partial charge is 0.305 e. The maximum Gasteiger partial charge on any atom is 0.305 e. The average Bonchev–Trinajstić information content (AvgIpc) is 2.97. The fraction of sp³-hybridized carbons (Fsp3) is 0.150. The van der Waals surface area contributed by atoms with Crippen LogP contribution in [0.25, 0.3) is 5.76 Å². The first-order chi connectivity index (χ1) is 14.2. The van der Waals surface area contributed by atoms with E-state index < -0.39 is 40.8 Å². The molecule has 10 heteroatoms. The number of likely N-dealkylation sites (tertiary alicyclic amines) is 1. The van der Waals surface area contributed by atoms with Crippen molar-refractivity contribution in [2.75, 3.05) is 6.54 Å². The molecule has 2 N–H and O–H groups in total. The number of aliphatic hydroxyl groups is 1. The van der Waals surface area contributed by atoms with Crippen LogP contribution in [0.3, 0.4) is 0 Å². The van der Waals surface area contributed by atoms with Crippen molar-refractivity contribution in [3.63, 3.8) is 0 Å². The molecule has 1 saturated heterocycles. The number of nitro groups is 1. The summed E-state index contributed by atoms with van der Waals surface area (Å²) in [6, 6.07) is 9.96. The molecule has 1 unspecified atom stereocenters. The molecular formula is C20H15ClN2O7. The van der Waals surface area contributed by atoms with Gasteiger partial charge in [-0.2, -0.15) is 0 Å². The number of rotatable bonds is 6. The minimum absolute atomic E-state index is 0.195. The van der Waals surface area contributed by atoms with Gasteiger partial charge in [0.2, 0.25) is 0 Å². The van der Waals surface area contributed by atoms with Crippen molar-refractivity contribution in [2.45, 2.75) is 12.5 Å². The third kappa shape index (κ3) is 4.01. The van der Waals surface area contributed by atoms with E-state index in [4.69, 9.17) is 16.7 Å². The van der Waals surface area contributed by atoms with Crippen LogP contribution in [0.2, 0.25) is 5.02 Å². The zero-order valence-electron chi connectivity index (χ0n) is 15.3. The summed E-state index contributed by atoms with van der Waals surface area (Å²) in [5, 5.41) is 31.1. The summed E-state index contributed by atoms with van der Waals surface area (Å²) < 4.78 is 0. The summed E-state index contributed by atoms with van der Waals surface area (Å²) in [5.41, 5.74) is 0.128. The van der Waals surface area contributed by atoms with Crippen LogP contribution in [0.4, 0.5) is 5.69 Å². The SMILES string of the molecule is O=C(O)CCN1C(=O)C(=O)/C(=C(/O)c2ccc(Cl)cc2)C1c1ccc([N+](=O)[O-])cc1. The van der Waals surface area contributed by atoms with Gasteiger partial charge in [0.25, 0.3) is 17.4 Å². The second-order valence-electron chi connectivity index (χ2n) is 6.49. The van der Waals surface area contributed by atoms with Crippen molar-refractivity contribution in [3.05, 3.63) is 80.4 Å². The Morgan fingerprint density at radius 3 is 2.20 bits per heavy atom. The van der Waals surface area contributed by atoms with E-state index in [-0.39, 0.29) is 23.4 Å². The molecule has 0 spiro atoms. The molecule has 9 nitrogen and oxygen atoms in total. The van der Waals surface area contributed by atoms with Crippen molar-refractivity contribution >= 4 is 40.7 Å². The van der Waals surface area contributed by atoms with Gasteiger partial charge in [0.1, 0.15) is 5.76 Å². The Hall–Kier alpha value is -3.72. The van der Waals surface area contributed by atoms with E-state index in [0.29, 0.717) is 10.6 Å². The molecule has 2 aromatic rings. The lowest BCUT2D eigenvalue weighted by molar-refractivity contribution is -0.384. The summed E-state index contributed by atoms with van der Waals surface area (Å²) in [4.78, 5) is 47.7. The predicted molar refractivity (Wildman–Crippen MR) is 106 cm³/mol. The highest BCUT2D eigenvalue weighted by Crippen LogP contribution is 2.40. The third-order valence-corrected chi connectivity index (χ3v) is 4.90. The number of nitro benzene ring substituents is 1. The predicted octanol–water partition coefficient (Wildman–Crippen LogP) is 3.14. The highest BCUT2D eigenvalue weighted by molar-refractivity contribution is 6.46. The number of carbonyl (C=O) groups excluding carboxylic acids is 2. The fourth-order valence-corrected chi connectivity index (χ4v) is 3.34. The second-order valence-corrected chi connectivity index (χ2v) is 6.93. The Bertz CT molecular complexity index is 1060. The molecule has 0 saturated carbocycles. The summed E-state index contributed by atoms with van der Waals surface area (Å²) >= 11 is 5.85. The molecule has 1 atom stereocenters. The van der Waals surface area contributed by atoms with E-state index in [2.05, 4.69) is 0 Å². The Morgan fingerprint density at radius 1 is 1.07 bits per heavy atom. The van der Waals surface area contributed by atoms with Crippen LogP contribution in [-0.2, 0) is 14.4 Å². The fourth-order valence-electron chi connectivity index (χ4n) is 3.21. The number of aliphatic carboxylic acids is 1. The number of benzene rings is 2. The van der Waals surface area contributed by atoms with Crippen molar-refractivity contribution in [1.29, 1.82) is 0 Å². The molecule has 1 aliphatic rings. The summed E-state index contributed by atoms with van der Waals surface area (Å²) in [6.07, 6.45) is -0.419. The molecule has 1 amide bonds. The highest BCUT2D eigenvalue weighted by atomic mass is 35.5. The number of amides is 1. The third-order valence-electron chi connectivity index (χ3n) is 4.64. The number of nitrogens with zero attached hydrogens (tertiary/aromatic N) is 2. The minimum atomic E-state index is -1.17. The topological polar surface area (TPSA) is 138 Å². The van der Waals surface area contributed by atoms with E-state index in [1.807, 2.05) is 0 Å². The standard InChI is InChI=1S/C20H15ClN2O7/c21-13-5-1-12(2-6-13)18(26)16-17(11-3-7-14(8-4-11)23(29)30)22(10-9-15(24)25)20(28)19(16)27/h1-8,17,26H,9-10H2,(H,24,25)/b18-16+. The van der Waals surface area contributed by atoms with Crippen molar-refractivity contribution in [3.8, 4) is 0 Å². The number of non-ortho nitro benzene ring substituents is 1. The van der Waals surface area contributed by atoms with Gasteiger partial charge >= 0.3 is 5.97 Å². The first kappa shape index (κ1) is 21.0. The Morgan fingerprint density at radius 2 is 1.67 bits per heavy atom. The summed E-state index contributed by atoms with van der Waals surface area (Å²) in [5.74, 6) is -3.56. The zero-order valence-corrected chi connectivity index (χ0v) is 16.1. The molecular weight excluding hydrogens is 416 g/mol. The lowest BCUT2D eigenvalue weighted by atomic mass is 9.95. The van der Waals surface area contributed by atoms with Crippen molar-refractivity contribution in [2.24, 2.45) is 0 Å². The molecule has 1 fully saturated rings. The van der Waals surface area contributed by atoms with Crippen molar-refractivity contribution in [1.82, 2.24) is 4.90 Å². The van der Waals surface area contributed by atoms with Gasteiger partial charge in [0.15, 0.2) is 0 Å². The lowest BCUT2D eigenvalue weighted by Crippen LogP contribution is -2.31. The Balaban J connectivity index is 2.14. The molecule has 1 heterocycles. The average molecular weight is 431 g/mol. The number of carbonyl (C=O) groups is 3. The minimum Gasteiger partial charge on any atom is -0.507 e. The number of hydrogen-bond donors (Lipinski definition) is 2. The number of Topliss-reactive ketones (excluding diaryl/α,β-unsaturated/α-hetero) is 1. The molecule has 2 aromatic carbocycles. The molecule has 0 aromatic heterocycles. The Kier molecular flexibility index (Phi) is 5.84. The van der Waals surface area contributed by atoms with Gasteiger partial charge in [-0.1, -0.05) is 11.6 Å². The van der Waals surface area contributed by atoms with Crippen LogP contribution in [-0.4, -0.2) is 44.2 Å². The van der Waals surface area contributed by atoms with E-state index in [9.17, 15) is 29.6 Å². The highest BCUT2D eigenvalue weighted by Gasteiger charge is 2.46. The van der Waals surface area contributed by atoms with E-state index >= 15 is 0 Å². The molecule has 0 radical (unpaired) electrons. The normalized spacial score (nSPS) is 17.9. The summed E-state index contributed by atoms with van der Waals surface area (Å²) in [6.45, 7) is -0.279. The molecule has 30 heavy (non-hydrogen) atoms. The van der Waals surface area contributed by atoms with Gasteiger partial charge in [-0.15, -0.1) is 0 Å². The van der Waals surface area contributed by atoms with Gasteiger partial charge in [0, 0.05) is 29.3 Å². The monoisotopic (exact) mass is 430 g/mol. The maximum absolute atomic E-state index is 12.7. The first-order valence-corrected chi connectivity index (χ1v) is 9.09. The zero-order chi connectivity index (χ0) is 22.0. The van der Waals surface area contributed by atoms with Crippen LogP contribution < -0.4 is 0 Å². The van der Waals surface area contributed by atoms with Gasteiger partial charge < -0.3 is 15.1 Å². The second kappa shape index (κ2) is 8.34. The number of aliphatic hydroxyl groups excluding tert-OH is 1. The molecule has 154 valence electrons. The lowest BCUT2D eigenvalue weighted by Gasteiger charge is -2.24. The van der Waals surface area contributed by atoms with Crippen molar-refractivity contribution < 1.29 is 29.5 Å². The molecule has 1 aliphatic heterocycles. The van der Waals surface area contributed by atoms with E-state index in [0.717, 1.165) is 4.90 Å². The number of hydrogen-bond acceptors (Lipinski definition) is 6. The van der Waals surface area contributed by atoms with Crippen LogP contribution in [0.5, 0.6) is 0 Å². The first-order valence-electron chi connectivity index (χ1n) is 8.71. The quantitative estimate of drug-likeness (QED) is 0.236. The van der Waals surface area contributed by atoms with Gasteiger partial charge in [0.05, 0.1) is 23.0 Å². The molecule has 0 bridgehead atoms. The van der Waals surface area contributed by atoms with Crippen LogP contribution >= 0.6 is 11.6 Å². The number of halogens is 1. The van der Waals surface area contributed by atoms with Gasteiger partial charge in [-0.25, -0.2) is 0 Å². The van der Waals surface area contributed by atoms with E-state index in [1.165, 1.54) is 48.5 Å². The maximum atomic E-state index is 12.7. The number of carboxylic acid groups (broad SMARTS) is 1. The van der Waals surface area contributed by atoms with Crippen LogP contribution in [0.1, 0.15) is 23.6 Å². The molecule has 3 rings (SSSR count). The van der Waals surface area contributed by atoms with Crippen LogP contribution in [0.15, 0.2) is 54.1 Å². The largest absolute Gasteiger partial charge is 0.507 e. The van der Waals surface area contributed by atoms with Gasteiger partial charge in [-0.3, -0.25) is 24.5 Å². The number of ketones is 1. The van der Waals surface area contributed by atoms with Gasteiger partial charge in [-0.05, 0) is 42.0 Å². The Labute approximate surface area is 175 Å². The van der Waals surface area contributed by atoms with Crippen LogP contribution in [0, 0.1) is 10.1 Å². The van der Waals surface area contributed by atoms with E-state index in [1.54, 1.807) is 0 Å². The number of carboxylic acids is 1. The molecule has 0 aliphatic carbocycles. The summed E-state index contributed by atoms with van der Waals surface area (Å²) in [7, 11) is 0.